The number of rotatable bonds is 6. The first-order valence-electron chi connectivity index (χ1n) is 8.79. The molecule has 0 aliphatic carbocycles. The molecule has 0 aliphatic heterocycles. The molecule has 3 aromatic rings. The summed E-state index contributed by atoms with van der Waals surface area (Å²) in [6, 6.07) is 6.80. The van der Waals surface area contributed by atoms with Crippen LogP contribution in [0.4, 0.5) is 18.0 Å². The lowest BCUT2D eigenvalue weighted by molar-refractivity contribution is 0.193. The summed E-state index contributed by atoms with van der Waals surface area (Å²) in [7, 11) is 0. The van der Waals surface area contributed by atoms with E-state index in [9.17, 15) is 22.8 Å². The van der Waals surface area contributed by atoms with Gasteiger partial charge in [0.15, 0.2) is 5.02 Å². The maximum absolute atomic E-state index is 14.1. The number of nitrogens with zero attached hydrogens (tertiary/aromatic N) is 2. The van der Waals surface area contributed by atoms with Crippen molar-refractivity contribution in [2.24, 2.45) is 0 Å². The molecule has 3 rings (SSSR count). The van der Waals surface area contributed by atoms with Gasteiger partial charge in [-0.25, -0.2) is 18.0 Å². The van der Waals surface area contributed by atoms with Crippen LogP contribution in [-0.4, -0.2) is 20.8 Å². The Balaban J connectivity index is 1.93. The quantitative estimate of drug-likeness (QED) is 0.589. The lowest BCUT2D eigenvalue weighted by atomic mass is 10.1. The number of aromatic nitrogens is 2. The number of benzene rings is 2. The largest absolute Gasteiger partial charge is 0.472 e. The first-order valence-corrected chi connectivity index (χ1v) is 9.17. The van der Waals surface area contributed by atoms with Crippen molar-refractivity contribution in [1.82, 2.24) is 14.9 Å². The number of carbonyl (C=O) groups is 1. The second kappa shape index (κ2) is 9.09. The Morgan fingerprint density at radius 3 is 2.52 bits per heavy atom. The molecule has 0 aliphatic rings. The highest BCUT2D eigenvalue weighted by atomic mass is 35.5. The summed E-state index contributed by atoms with van der Waals surface area (Å²) < 4.78 is 47.9. The van der Waals surface area contributed by atoms with Gasteiger partial charge in [-0.2, -0.15) is 4.98 Å². The van der Waals surface area contributed by atoms with Crippen LogP contribution >= 0.6 is 11.6 Å². The fourth-order valence-electron chi connectivity index (χ4n) is 2.86. The van der Waals surface area contributed by atoms with E-state index in [1.807, 2.05) is 0 Å². The zero-order chi connectivity index (χ0) is 22.7. The molecule has 1 amide bonds. The zero-order valence-corrected chi connectivity index (χ0v) is 16.7. The highest BCUT2D eigenvalue weighted by molar-refractivity contribution is 6.31. The van der Waals surface area contributed by atoms with Crippen LogP contribution in [0.25, 0.3) is 5.69 Å². The lowest BCUT2D eigenvalue weighted by Gasteiger charge is -2.15. The molecule has 2 N–H and O–H groups in total. The minimum atomic E-state index is -1.29. The van der Waals surface area contributed by atoms with E-state index in [-0.39, 0.29) is 24.9 Å². The second-order valence-electron chi connectivity index (χ2n) is 6.35. The maximum Gasteiger partial charge on any atom is 0.404 e. The van der Waals surface area contributed by atoms with Gasteiger partial charge in [0.1, 0.15) is 35.6 Å². The van der Waals surface area contributed by atoms with Crippen molar-refractivity contribution in [1.29, 1.82) is 0 Å². The van der Waals surface area contributed by atoms with Crippen molar-refractivity contribution in [3.63, 3.8) is 0 Å². The number of aryl methyl sites for hydroxylation is 1. The van der Waals surface area contributed by atoms with Gasteiger partial charge in [0.2, 0.25) is 5.88 Å². The maximum atomic E-state index is 14.1. The van der Waals surface area contributed by atoms with Crippen LogP contribution in [0.15, 0.2) is 41.2 Å². The van der Waals surface area contributed by atoms with Gasteiger partial charge in [-0.1, -0.05) is 23.7 Å². The number of carboxylic acid groups (broad SMARTS) is 1. The molecule has 0 spiro atoms. The topological polar surface area (TPSA) is 93.5 Å². The molecule has 0 saturated carbocycles. The Kier molecular flexibility index (Phi) is 6.50. The lowest BCUT2D eigenvalue weighted by Crippen LogP contribution is -2.25. The van der Waals surface area contributed by atoms with Crippen molar-refractivity contribution in [3.8, 4) is 11.6 Å². The van der Waals surface area contributed by atoms with Crippen molar-refractivity contribution in [2.75, 3.05) is 0 Å². The van der Waals surface area contributed by atoms with E-state index in [0.29, 0.717) is 15.7 Å². The molecule has 7 nitrogen and oxygen atoms in total. The van der Waals surface area contributed by atoms with E-state index in [2.05, 4.69) is 10.3 Å². The molecule has 11 heteroatoms. The first kappa shape index (κ1) is 22.2. The van der Waals surface area contributed by atoms with Crippen LogP contribution < -0.4 is 15.6 Å². The van der Waals surface area contributed by atoms with Crippen molar-refractivity contribution in [2.45, 2.75) is 20.1 Å². The normalized spacial score (nSPS) is 10.7. The van der Waals surface area contributed by atoms with E-state index in [1.54, 1.807) is 0 Å². The standard InChI is InChI=1S/C20H15ClF3N3O4/c1-10-26-18(16(21)19(28)27(10)17-14(23)3-2-4-15(17)24)31-9-11-5-6-13(22)7-12(11)8-25-20(29)30/h2-7,25H,8-9H2,1H3,(H,29,30). The predicted molar refractivity (Wildman–Crippen MR) is 105 cm³/mol. The summed E-state index contributed by atoms with van der Waals surface area (Å²) in [5.74, 6) is -2.90. The molecule has 0 bridgehead atoms. The first-order chi connectivity index (χ1) is 14.7. The van der Waals surface area contributed by atoms with E-state index >= 15 is 0 Å². The molecule has 0 atom stereocenters. The summed E-state index contributed by atoms with van der Waals surface area (Å²) in [5.41, 5.74) is -0.849. The minimum absolute atomic E-state index is 0.0831. The van der Waals surface area contributed by atoms with E-state index in [1.165, 1.54) is 13.0 Å². The molecular formula is C20H15ClF3N3O4. The van der Waals surface area contributed by atoms with E-state index in [4.69, 9.17) is 21.4 Å². The van der Waals surface area contributed by atoms with Gasteiger partial charge in [0, 0.05) is 6.54 Å². The van der Waals surface area contributed by atoms with Gasteiger partial charge in [-0.3, -0.25) is 9.36 Å². The number of hydrogen-bond donors (Lipinski definition) is 2. The third-order valence-corrected chi connectivity index (χ3v) is 4.61. The van der Waals surface area contributed by atoms with Crippen LogP contribution in [0.5, 0.6) is 5.88 Å². The summed E-state index contributed by atoms with van der Waals surface area (Å²) in [5, 5.41) is 10.4. The van der Waals surface area contributed by atoms with E-state index in [0.717, 1.165) is 30.3 Å². The number of para-hydroxylation sites is 1. The van der Waals surface area contributed by atoms with Gasteiger partial charge in [0.25, 0.3) is 5.56 Å². The monoisotopic (exact) mass is 453 g/mol. The fraction of sp³-hybridized carbons (Fsp3) is 0.150. The third kappa shape index (κ3) is 4.80. The molecule has 0 radical (unpaired) electrons. The molecule has 31 heavy (non-hydrogen) atoms. The number of hydrogen-bond acceptors (Lipinski definition) is 4. The highest BCUT2D eigenvalue weighted by Crippen LogP contribution is 2.24. The summed E-state index contributed by atoms with van der Waals surface area (Å²) >= 11 is 6.04. The van der Waals surface area contributed by atoms with Crippen molar-refractivity contribution < 1.29 is 27.8 Å². The Labute approximate surface area is 178 Å². The molecule has 0 fully saturated rings. The average molecular weight is 454 g/mol. The van der Waals surface area contributed by atoms with Gasteiger partial charge < -0.3 is 15.2 Å². The molecule has 0 saturated heterocycles. The zero-order valence-electron chi connectivity index (χ0n) is 16.0. The Morgan fingerprint density at radius 1 is 1.19 bits per heavy atom. The molecule has 1 aromatic heterocycles. The number of ether oxygens (including phenoxy) is 1. The summed E-state index contributed by atoms with van der Waals surface area (Å²) in [4.78, 5) is 27.4. The SMILES string of the molecule is Cc1nc(OCc2ccc(F)cc2CNC(=O)O)c(Cl)c(=O)n1-c1c(F)cccc1F. The van der Waals surface area contributed by atoms with Gasteiger partial charge in [-0.05, 0) is 42.3 Å². The third-order valence-electron chi connectivity index (χ3n) is 4.29. The smallest absolute Gasteiger partial charge is 0.404 e. The molecule has 162 valence electrons. The van der Waals surface area contributed by atoms with Crippen LogP contribution in [0.3, 0.4) is 0 Å². The Bertz CT molecular complexity index is 1200. The summed E-state index contributed by atoms with van der Waals surface area (Å²) in [6.07, 6.45) is -1.29. The molecular weight excluding hydrogens is 439 g/mol. The van der Waals surface area contributed by atoms with Crippen LogP contribution in [-0.2, 0) is 13.2 Å². The predicted octanol–water partition coefficient (Wildman–Crippen LogP) is 3.96. The fourth-order valence-corrected chi connectivity index (χ4v) is 3.04. The minimum Gasteiger partial charge on any atom is -0.472 e. The van der Waals surface area contributed by atoms with Crippen LogP contribution in [0, 0.1) is 24.4 Å². The average Bonchev–Trinajstić information content (AvgIpc) is 2.71. The van der Waals surface area contributed by atoms with Gasteiger partial charge >= 0.3 is 6.09 Å². The molecule has 2 aromatic carbocycles. The number of halogens is 4. The van der Waals surface area contributed by atoms with Gasteiger partial charge in [-0.15, -0.1) is 0 Å². The van der Waals surface area contributed by atoms with Crippen molar-refractivity contribution in [3.05, 3.63) is 86.2 Å². The van der Waals surface area contributed by atoms with Crippen LogP contribution in [0.1, 0.15) is 17.0 Å². The number of nitrogens with one attached hydrogen (secondary N) is 1. The number of amides is 1. The van der Waals surface area contributed by atoms with E-state index < -0.39 is 39.8 Å². The second-order valence-corrected chi connectivity index (χ2v) is 6.73. The summed E-state index contributed by atoms with van der Waals surface area (Å²) in [6.45, 7) is 0.942. The Morgan fingerprint density at radius 2 is 1.87 bits per heavy atom. The Hall–Kier alpha value is -3.53. The highest BCUT2D eigenvalue weighted by Gasteiger charge is 2.20. The molecule has 1 heterocycles. The van der Waals surface area contributed by atoms with Crippen LogP contribution in [0.2, 0.25) is 5.02 Å². The molecule has 0 unspecified atom stereocenters. The van der Waals surface area contributed by atoms with Gasteiger partial charge in [0.05, 0.1) is 0 Å². The van der Waals surface area contributed by atoms with Crippen molar-refractivity contribution >= 4 is 17.7 Å².